The number of nitro groups is 1. The van der Waals surface area contributed by atoms with E-state index in [0.29, 0.717) is 18.8 Å². The highest BCUT2D eigenvalue weighted by atomic mass is 32.2. The maximum absolute atomic E-state index is 12.9. The summed E-state index contributed by atoms with van der Waals surface area (Å²) in [5.41, 5.74) is 0.564. The third kappa shape index (κ3) is 4.27. The van der Waals surface area contributed by atoms with Gasteiger partial charge in [-0.05, 0) is 37.1 Å². The summed E-state index contributed by atoms with van der Waals surface area (Å²) in [6.07, 6.45) is 2.60. The average molecular weight is 460 g/mol. The molecule has 1 aromatic heterocycles. The van der Waals surface area contributed by atoms with Crippen molar-refractivity contribution in [3.8, 4) is 0 Å². The molecule has 1 saturated heterocycles. The van der Waals surface area contributed by atoms with Crippen molar-refractivity contribution in [3.05, 3.63) is 63.1 Å². The summed E-state index contributed by atoms with van der Waals surface area (Å²) in [5.74, 6) is -1.35. The second-order valence-electron chi connectivity index (χ2n) is 7.40. The number of nitrogens with zero attached hydrogens (tertiary/aromatic N) is 3. The normalized spacial score (nSPS) is 15.0. The summed E-state index contributed by atoms with van der Waals surface area (Å²) in [5, 5.41) is 13.3. The number of carbonyl (C=O) groups is 1. The molecular weight excluding hydrogens is 440 g/mol. The van der Waals surface area contributed by atoms with Crippen molar-refractivity contribution in [2.24, 2.45) is 0 Å². The first kappa shape index (κ1) is 21.7. The number of aromatic nitrogens is 1. The number of nitrogens with one attached hydrogen (secondary N) is 1. The number of hydrogen-bond donors (Lipinski definition) is 1. The number of fused-ring (bicyclic) bond motifs is 1. The Morgan fingerprint density at radius 1 is 1.09 bits per heavy atom. The maximum Gasteiger partial charge on any atom is 0.420 e. The molecule has 32 heavy (non-hydrogen) atoms. The maximum atomic E-state index is 12.9. The van der Waals surface area contributed by atoms with E-state index in [4.69, 9.17) is 4.42 Å². The Labute approximate surface area is 182 Å². The van der Waals surface area contributed by atoms with Crippen LogP contribution >= 0.6 is 0 Å². The van der Waals surface area contributed by atoms with Gasteiger partial charge in [-0.3, -0.25) is 19.5 Å². The number of carbonyl (C=O) groups excluding carboxylic acids is 1. The van der Waals surface area contributed by atoms with E-state index in [-0.39, 0.29) is 28.2 Å². The van der Waals surface area contributed by atoms with Gasteiger partial charge in [0.25, 0.3) is 5.69 Å². The highest BCUT2D eigenvalue weighted by Gasteiger charge is 2.27. The second-order valence-corrected chi connectivity index (χ2v) is 9.34. The van der Waals surface area contributed by atoms with Gasteiger partial charge in [-0.1, -0.05) is 6.42 Å². The number of amides is 1. The molecule has 0 radical (unpaired) electrons. The number of sulfonamides is 1. The van der Waals surface area contributed by atoms with Crippen molar-refractivity contribution in [1.29, 1.82) is 0 Å². The van der Waals surface area contributed by atoms with Crippen LogP contribution in [0.2, 0.25) is 0 Å². The zero-order valence-electron chi connectivity index (χ0n) is 16.9. The predicted octanol–water partition coefficient (Wildman–Crippen LogP) is 2.32. The van der Waals surface area contributed by atoms with Gasteiger partial charge in [-0.25, -0.2) is 13.2 Å². The zero-order chi connectivity index (χ0) is 22.9. The number of hydrogen-bond acceptors (Lipinski definition) is 7. The first-order chi connectivity index (χ1) is 15.3. The Morgan fingerprint density at radius 2 is 1.78 bits per heavy atom. The zero-order valence-corrected chi connectivity index (χ0v) is 17.7. The third-order valence-electron chi connectivity index (χ3n) is 5.26. The van der Waals surface area contributed by atoms with Crippen LogP contribution in [0.1, 0.15) is 19.3 Å². The van der Waals surface area contributed by atoms with Crippen LogP contribution in [0.4, 0.5) is 11.4 Å². The molecule has 1 aliphatic rings. The molecule has 0 aliphatic carbocycles. The minimum Gasteiger partial charge on any atom is -0.408 e. The number of piperidine rings is 1. The lowest BCUT2D eigenvalue weighted by atomic mass is 10.2. The van der Waals surface area contributed by atoms with Gasteiger partial charge >= 0.3 is 5.76 Å². The summed E-state index contributed by atoms with van der Waals surface area (Å²) in [7, 11) is -3.70. The molecule has 12 heteroatoms. The molecule has 0 unspecified atom stereocenters. The molecule has 2 aromatic carbocycles. The van der Waals surface area contributed by atoms with Gasteiger partial charge in [0, 0.05) is 37.0 Å². The topological polar surface area (TPSA) is 145 Å². The van der Waals surface area contributed by atoms with Gasteiger partial charge in [0.2, 0.25) is 15.9 Å². The first-order valence-corrected chi connectivity index (χ1v) is 11.4. The highest BCUT2D eigenvalue weighted by molar-refractivity contribution is 7.89. The Hall–Kier alpha value is -3.51. The van der Waals surface area contributed by atoms with Crippen LogP contribution in [0.15, 0.2) is 56.6 Å². The number of oxazole rings is 1. The lowest BCUT2D eigenvalue weighted by molar-refractivity contribution is -0.384. The SMILES string of the molecule is O=C(Cn1c(=O)oc2cc(S(=O)(=O)N3CCCCC3)ccc21)Nc1ccc([N+](=O)[O-])cc1. The van der Waals surface area contributed by atoms with Gasteiger partial charge < -0.3 is 9.73 Å². The Kier molecular flexibility index (Phi) is 5.80. The largest absolute Gasteiger partial charge is 0.420 e. The number of rotatable bonds is 6. The molecule has 168 valence electrons. The molecule has 2 heterocycles. The summed E-state index contributed by atoms with van der Waals surface area (Å²) in [4.78, 5) is 34.9. The standard InChI is InChI=1S/C20H20N4O7S/c25-19(21-14-4-6-15(7-5-14)24(27)28)13-23-17-9-8-16(12-18(17)31-20(23)26)32(29,30)22-10-2-1-3-11-22/h4-9,12H,1-3,10-11,13H2,(H,21,25). The average Bonchev–Trinajstić information content (AvgIpc) is 3.09. The van der Waals surface area contributed by atoms with Crippen LogP contribution in [-0.4, -0.2) is 41.2 Å². The van der Waals surface area contributed by atoms with E-state index in [0.717, 1.165) is 23.8 Å². The van der Waals surface area contributed by atoms with Gasteiger partial charge in [-0.15, -0.1) is 0 Å². The fourth-order valence-corrected chi connectivity index (χ4v) is 5.15. The smallest absolute Gasteiger partial charge is 0.408 e. The van der Waals surface area contributed by atoms with Gasteiger partial charge in [0.1, 0.15) is 6.54 Å². The van der Waals surface area contributed by atoms with Gasteiger partial charge in [0.15, 0.2) is 5.58 Å². The van der Waals surface area contributed by atoms with Crippen LogP contribution in [0.5, 0.6) is 0 Å². The van der Waals surface area contributed by atoms with E-state index in [2.05, 4.69) is 5.32 Å². The molecule has 0 spiro atoms. The van der Waals surface area contributed by atoms with Gasteiger partial charge in [-0.2, -0.15) is 4.31 Å². The Morgan fingerprint density at radius 3 is 2.44 bits per heavy atom. The van der Waals surface area contributed by atoms with Crippen molar-refractivity contribution in [2.75, 3.05) is 18.4 Å². The molecule has 0 bridgehead atoms. The lowest BCUT2D eigenvalue weighted by Crippen LogP contribution is -2.35. The van der Waals surface area contributed by atoms with E-state index in [1.54, 1.807) is 0 Å². The molecule has 3 aromatic rings. The van der Waals surface area contributed by atoms with E-state index < -0.39 is 26.6 Å². The fraction of sp³-hybridized carbons (Fsp3) is 0.300. The number of nitro benzene ring substituents is 1. The predicted molar refractivity (Wildman–Crippen MR) is 115 cm³/mol. The molecule has 1 amide bonds. The number of non-ortho nitro benzene ring substituents is 1. The Balaban J connectivity index is 1.54. The molecule has 1 aliphatic heterocycles. The minimum absolute atomic E-state index is 0.0307. The van der Waals surface area contributed by atoms with Crippen molar-refractivity contribution < 1.29 is 22.6 Å². The molecule has 0 atom stereocenters. The summed E-state index contributed by atoms with van der Waals surface area (Å²) in [6, 6.07) is 9.39. The molecule has 1 fully saturated rings. The van der Waals surface area contributed by atoms with Crippen molar-refractivity contribution in [3.63, 3.8) is 0 Å². The molecule has 4 rings (SSSR count). The molecule has 11 nitrogen and oxygen atoms in total. The first-order valence-electron chi connectivity index (χ1n) is 9.93. The highest BCUT2D eigenvalue weighted by Crippen LogP contribution is 2.24. The van der Waals surface area contributed by atoms with Crippen molar-refractivity contribution in [1.82, 2.24) is 8.87 Å². The van der Waals surface area contributed by atoms with E-state index in [9.17, 15) is 28.1 Å². The fourth-order valence-electron chi connectivity index (χ4n) is 3.62. The summed E-state index contributed by atoms with van der Waals surface area (Å²) in [6.45, 7) is 0.531. The quantitative estimate of drug-likeness (QED) is 0.439. The number of benzene rings is 2. The van der Waals surface area contributed by atoms with Crippen molar-refractivity contribution >= 4 is 38.4 Å². The molecule has 1 N–H and O–H groups in total. The van der Waals surface area contributed by atoms with Crippen molar-refractivity contribution in [2.45, 2.75) is 30.7 Å². The third-order valence-corrected chi connectivity index (χ3v) is 7.15. The van der Waals surface area contributed by atoms with Crippen LogP contribution in [0.3, 0.4) is 0 Å². The van der Waals surface area contributed by atoms with Crippen LogP contribution < -0.4 is 11.1 Å². The van der Waals surface area contributed by atoms with E-state index >= 15 is 0 Å². The lowest BCUT2D eigenvalue weighted by Gasteiger charge is -2.25. The van der Waals surface area contributed by atoms with E-state index in [1.807, 2.05) is 0 Å². The van der Waals surface area contributed by atoms with Crippen LogP contribution in [-0.2, 0) is 21.4 Å². The van der Waals surface area contributed by atoms with Crippen LogP contribution in [0, 0.1) is 10.1 Å². The van der Waals surface area contributed by atoms with E-state index in [1.165, 1.54) is 46.8 Å². The monoisotopic (exact) mass is 460 g/mol. The second kappa shape index (κ2) is 8.55. The van der Waals surface area contributed by atoms with Crippen LogP contribution in [0.25, 0.3) is 11.1 Å². The summed E-state index contributed by atoms with van der Waals surface area (Å²) >= 11 is 0. The van der Waals surface area contributed by atoms with Gasteiger partial charge in [0.05, 0.1) is 15.3 Å². The molecular formula is C20H20N4O7S. The summed E-state index contributed by atoms with van der Waals surface area (Å²) < 4.78 is 33.4. The number of anilines is 1. The Bertz CT molecular complexity index is 1340. The molecule has 0 saturated carbocycles. The minimum atomic E-state index is -3.70.